The number of carbonyl (C=O) groups is 1. The van der Waals surface area contributed by atoms with E-state index in [1.165, 1.54) is 22.5 Å². The molecule has 0 spiro atoms. The zero-order valence-corrected chi connectivity index (χ0v) is 21.8. The summed E-state index contributed by atoms with van der Waals surface area (Å²) in [5, 5.41) is 5.76. The molecule has 1 aliphatic heterocycles. The molecule has 1 heterocycles. The lowest BCUT2D eigenvalue weighted by Gasteiger charge is -2.11. The molecule has 0 unspecified atom stereocenters. The van der Waals surface area contributed by atoms with Gasteiger partial charge in [0.2, 0.25) is 0 Å². The molecule has 1 fully saturated rings. The molecular weight excluding hydrogens is 576 g/mol. The van der Waals surface area contributed by atoms with Gasteiger partial charge in [-0.3, -0.25) is 4.79 Å². The van der Waals surface area contributed by atoms with E-state index in [1.54, 1.807) is 0 Å². The molecule has 1 saturated heterocycles. The highest BCUT2D eigenvalue weighted by Crippen LogP contribution is 2.33. The van der Waals surface area contributed by atoms with E-state index in [4.69, 9.17) is 4.74 Å². The van der Waals surface area contributed by atoms with Gasteiger partial charge in [0.05, 0.1) is 15.1 Å². The maximum absolute atomic E-state index is 12.5. The van der Waals surface area contributed by atoms with Crippen LogP contribution in [0.2, 0.25) is 0 Å². The van der Waals surface area contributed by atoms with E-state index in [2.05, 4.69) is 66.4 Å². The first-order valence-corrected chi connectivity index (χ1v) is 12.9. The Labute approximate surface area is 218 Å². The zero-order chi connectivity index (χ0) is 23.5. The van der Waals surface area contributed by atoms with Crippen LogP contribution in [0.4, 0.5) is 5.69 Å². The topological polar surface area (TPSA) is 50.7 Å². The van der Waals surface area contributed by atoms with Crippen LogP contribution in [0, 0.1) is 0 Å². The van der Waals surface area contributed by atoms with Gasteiger partial charge in [0.15, 0.2) is 5.17 Å². The van der Waals surface area contributed by atoms with Gasteiger partial charge in [-0.1, -0.05) is 60.7 Å². The highest BCUT2D eigenvalue weighted by molar-refractivity contribution is 9.11. The number of benzene rings is 4. The monoisotopic (exact) mass is 592 g/mol. The zero-order valence-electron chi connectivity index (χ0n) is 17.8. The van der Waals surface area contributed by atoms with Gasteiger partial charge in [0.1, 0.15) is 12.4 Å². The van der Waals surface area contributed by atoms with Crippen LogP contribution in [0.1, 0.15) is 11.1 Å². The maximum Gasteiger partial charge on any atom is 0.264 e. The van der Waals surface area contributed by atoms with E-state index in [0.717, 1.165) is 31.5 Å². The minimum atomic E-state index is -0.164. The summed E-state index contributed by atoms with van der Waals surface area (Å²) in [5.74, 6) is 0.581. The van der Waals surface area contributed by atoms with Crippen molar-refractivity contribution >= 4 is 77.2 Å². The quantitative estimate of drug-likeness (QED) is 0.240. The molecule has 5 rings (SSSR count). The minimum Gasteiger partial charge on any atom is -0.488 e. The number of rotatable bonds is 5. The second-order valence-corrected chi connectivity index (χ2v) is 10.3. The third kappa shape index (κ3) is 5.12. The Hall–Kier alpha value is -2.87. The summed E-state index contributed by atoms with van der Waals surface area (Å²) in [5.41, 5.74) is 2.79. The van der Waals surface area contributed by atoms with Crippen molar-refractivity contribution in [3.05, 3.63) is 110 Å². The van der Waals surface area contributed by atoms with Crippen LogP contribution in [-0.2, 0) is 11.4 Å². The molecule has 7 heteroatoms. The second kappa shape index (κ2) is 10.2. The van der Waals surface area contributed by atoms with Crippen LogP contribution in [0.3, 0.4) is 0 Å². The number of ether oxygens (including phenoxy) is 1. The Kier molecular flexibility index (Phi) is 6.85. The largest absolute Gasteiger partial charge is 0.488 e. The molecule has 0 atom stereocenters. The third-order valence-corrected chi connectivity index (χ3v) is 7.44. The molecule has 4 aromatic carbocycles. The highest BCUT2D eigenvalue weighted by Gasteiger charge is 2.24. The fourth-order valence-corrected chi connectivity index (χ4v) is 5.30. The average molecular weight is 594 g/mol. The Morgan fingerprint density at radius 1 is 0.912 bits per heavy atom. The Morgan fingerprint density at radius 2 is 1.71 bits per heavy atom. The number of nitrogens with zero attached hydrogens (tertiary/aromatic N) is 1. The number of halogens is 2. The number of fused-ring (bicyclic) bond motifs is 1. The van der Waals surface area contributed by atoms with Gasteiger partial charge in [0, 0.05) is 4.47 Å². The van der Waals surface area contributed by atoms with E-state index in [0.29, 0.717) is 16.7 Å². The van der Waals surface area contributed by atoms with Gasteiger partial charge in [-0.25, -0.2) is 4.99 Å². The number of amides is 1. The van der Waals surface area contributed by atoms with Crippen molar-refractivity contribution in [1.82, 2.24) is 5.32 Å². The van der Waals surface area contributed by atoms with Crippen molar-refractivity contribution in [2.45, 2.75) is 6.61 Å². The fraction of sp³-hybridized carbons (Fsp3) is 0.0370. The first-order valence-electron chi connectivity index (χ1n) is 10.5. The molecule has 168 valence electrons. The van der Waals surface area contributed by atoms with Crippen LogP contribution >= 0.6 is 43.6 Å². The minimum absolute atomic E-state index is 0.164. The number of para-hydroxylation sites is 1. The summed E-state index contributed by atoms with van der Waals surface area (Å²) in [6.45, 7) is 0.466. The summed E-state index contributed by atoms with van der Waals surface area (Å²) in [7, 11) is 0. The van der Waals surface area contributed by atoms with E-state index >= 15 is 0 Å². The number of aliphatic imine (C=N–C) groups is 1. The van der Waals surface area contributed by atoms with Crippen LogP contribution in [0.5, 0.6) is 5.75 Å². The third-order valence-electron chi connectivity index (χ3n) is 5.24. The van der Waals surface area contributed by atoms with E-state index < -0.39 is 0 Å². The molecule has 0 saturated carbocycles. The summed E-state index contributed by atoms with van der Waals surface area (Å²) >= 11 is 8.41. The van der Waals surface area contributed by atoms with Crippen molar-refractivity contribution in [1.29, 1.82) is 0 Å². The summed E-state index contributed by atoms with van der Waals surface area (Å²) < 4.78 is 7.80. The SMILES string of the molecule is O=C1NC(=Nc2ccccc2Br)S/C1=C/c1ccc(OCc2cccc3ccccc23)c(Br)c1. The number of amidine groups is 1. The summed E-state index contributed by atoms with van der Waals surface area (Å²) in [6.07, 6.45) is 1.85. The maximum atomic E-state index is 12.5. The van der Waals surface area contributed by atoms with E-state index in [-0.39, 0.29) is 5.91 Å². The molecule has 1 N–H and O–H groups in total. The fourth-order valence-electron chi connectivity index (χ4n) is 3.58. The molecule has 0 aliphatic carbocycles. The predicted octanol–water partition coefficient (Wildman–Crippen LogP) is 7.84. The van der Waals surface area contributed by atoms with Gasteiger partial charge in [-0.15, -0.1) is 0 Å². The van der Waals surface area contributed by atoms with Gasteiger partial charge < -0.3 is 10.1 Å². The Bertz CT molecular complexity index is 1460. The first kappa shape index (κ1) is 22.9. The van der Waals surface area contributed by atoms with Crippen molar-refractivity contribution < 1.29 is 9.53 Å². The number of carbonyl (C=O) groups excluding carboxylic acids is 1. The number of thioether (sulfide) groups is 1. The lowest BCUT2D eigenvalue weighted by atomic mass is 10.1. The molecule has 0 aromatic heterocycles. The molecule has 34 heavy (non-hydrogen) atoms. The van der Waals surface area contributed by atoms with E-state index in [1.807, 2.05) is 66.7 Å². The second-order valence-electron chi connectivity index (χ2n) is 7.55. The van der Waals surface area contributed by atoms with Gasteiger partial charge in [0.25, 0.3) is 5.91 Å². The number of hydrogen-bond donors (Lipinski definition) is 1. The van der Waals surface area contributed by atoms with Crippen LogP contribution in [-0.4, -0.2) is 11.1 Å². The predicted molar refractivity (Wildman–Crippen MR) is 147 cm³/mol. The summed E-state index contributed by atoms with van der Waals surface area (Å²) in [4.78, 5) is 17.6. The number of hydrogen-bond acceptors (Lipinski definition) is 4. The molecule has 1 aliphatic rings. The standard InChI is InChI=1S/C27H18Br2N2O2S/c28-21-10-3-4-11-23(21)30-27-31-26(32)25(34-27)15-17-12-13-24(22(29)14-17)33-16-19-8-5-7-18-6-1-2-9-20(18)19/h1-15H,16H2,(H,30,31,32)/b25-15+. The average Bonchev–Trinajstić information content (AvgIpc) is 3.18. The van der Waals surface area contributed by atoms with Gasteiger partial charge >= 0.3 is 0 Å². The lowest BCUT2D eigenvalue weighted by Crippen LogP contribution is -2.19. The molecule has 4 aromatic rings. The summed E-state index contributed by atoms with van der Waals surface area (Å²) in [6, 6.07) is 27.9. The Balaban J connectivity index is 1.31. The van der Waals surface area contributed by atoms with Crippen LogP contribution in [0.15, 0.2) is 104 Å². The first-order chi connectivity index (χ1) is 16.6. The lowest BCUT2D eigenvalue weighted by molar-refractivity contribution is -0.115. The highest BCUT2D eigenvalue weighted by atomic mass is 79.9. The molecular formula is C27H18Br2N2O2S. The van der Waals surface area contributed by atoms with Crippen LogP contribution in [0.25, 0.3) is 16.8 Å². The number of nitrogens with one attached hydrogen (secondary N) is 1. The van der Waals surface area contributed by atoms with Crippen molar-refractivity contribution in [3.63, 3.8) is 0 Å². The molecule has 4 nitrogen and oxygen atoms in total. The van der Waals surface area contributed by atoms with E-state index in [9.17, 15) is 4.79 Å². The Morgan fingerprint density at radius 3 is 2.56 bits per heavy atom. The van der Waals surface area contributed by atoms with Gasteiger partial charge in [-0.05, 0) is 95.9 Å². The van der Waals surface area contributed by atoms with Crippen molar-refractivity contribution in [2.75, 3.05) is 0 Å². The normalized spacial score (nSPS) is 15.8. The van der Waals surface area contributed by atoms with Crippen LogP contribution < -0.4 is 10.1 Å². The smallest absolute Gasteiger partial charge is 0.264 e. The molecule has 0 radical (unpaired) electrons. The van der Waals surface area contributed by atoms with Crippen molar-refractivity contribution in [2.24, 2.45) is 4.99 Å². The molecule has 1 amide bonds. The molecule has 0 bridgehead atoms. The van der Waals surface area contributed by atoms with Gasteiger partial charge in [-0.2, -0.15) is 0 Å². The van der Waals surface area contributed by atoms with Crippen molar-refractivity contribution in [3.8, 4) is 5.75 Å².